The van der Waals surface area contributed by atoms with Gasteiger partial charge in [0.2, 0.25) is 5.91 Å². The Morgan fingerprint density at radius 2 is 1.90 bits per heavy atom. The van der Waals surface area contributed by atoms with Gasteiger partial charge in [-0.3, -0.25) is 4.79 Å². The number of carbonyl (C=O) groups excluding carboxylic acids is 1. The summed E-state index contributed by atoms with van der Waals surface area (Å²) >= 11 is 6.12. The van der Waals surface area contributed by atoms with Gasteiger partial charge in [0, 0.05) is 12.1 Å². The van der Waals surface area contributed by atoms with E-state index in [0.717, 1.165) is 16.8 Å². The minimum atomic E-state index is -0.0458. The lowest BCUT2D eigenvalue weighted by atomic mass is 9.97. The molecule has 0 bridgehead atoms. The molecule has 0 aliphatic carbocycles. The predicted octanol–water partition coefficient (Wildman–Crippen LogP) is 4.36. The Morgan fingerprint density at radius 1 is 1.24 bits per heavy atom. The highest BCUT2D eigenvalue weighted by molar-refractivity contribution is 6.33. The third kappa shape index (κ3) is 3.99. The first-order valence-corrected chi connectivity index (χ1v) is 7.25. The van der Waals surface area contributed by atoms with Crippen molar-refractivity contribution in [3.8, 4) is 0 Å². The number of nitrogens with one attached hydrogen (secondary N) is 1. The normalized spacial score (nSPS) is 12.0. The van der Waals surface area contributed by atoms with Crippen molar-refractivity contribution in [2.24, 2.45) is 0 Å². The third-order valence-electron chi connectivity index (χ3n) is 3.48. The number of aryl methyl sites for hydroxylation is 1. The molecule has 4 heteroatoms. The molecule has 0 spiro atoms. The molecule has 2 aromatic rings. The minimum Gasteiger partial charge on any atom is -0.399 e. The second kappa shape index (κ2) is 6.64. The SMILES string of the molecule is Cc1cccc(Cl)c1NC(=O)CC(C)c1ccc(N)cc1. The molecular weight excluding hydrogens is 284 g/mol. The summed E-state index contributed by atoms with van der Waals surface area (Å²) in [5.41, 5.74) is 9.13. The van der Waals surface area contributed by atoms with Crippen LogP contribution in [0, 0.1) is 6.92 Å². The van der Waals surface area contributed by atoms with Crippen molar-refractivity contribution in [1.82, 2.24) is 0 Å². The number of benzene rings is 2. The molecule has 110 valence electrons. The summed E-state index contributed by atoms with van der Waals surface area (Å²) in [6.07, 6.45) is 0.397. The lowest BCUT2D eigenvalue weighted by molar-refractivity contribution is -0.116. The number of para-hydroxylation sites is 1. The van der Waals surface area contributed by atoms with Crippen molar-refractivity contribution in [1.29, 1.82) is 0 Å². The number of hydrogen-bond donors (Lipinski definition) is 2. The Kier molecular flexibility index (Phi) is 4.86. The molecule has 2 rings (SSSR count). The average molecular weight is 303 g/mol. The number of nitrogen functional groups attached to an aromatic ring is 1. The molecule has 0 radical (unpaired) electrons. The van der Waals surface area contributed by atoms with Crippen LogP contribution in [0.3, 0.4) is 0 Å². The van der Waals surface area contributed by atoms with Gasteiger partial charge < -0.3 is 11.1 Å². The summed E-state index contributed by atoms with van der Waals surface area (Å²) in [6, 6.07) is 13.2. The topological polar surface area (TPSA) is 55.1 Å². The van der Waals surface area contributed by atoms with E-state index in [4.69, 9.17) is 17.3 Å². The van der Waals surface area contributed by atoms with Gasteiger partial charge in [-0.05, 0) is 42.2 Å². The fourth-order valence-corrected chi connectivity index (χ4v) is 2.47. The van der Waals surface area contributed by atoms with Crippen molar-refractivity contribution in [2.75, 3.05) is 11.1 Å². The summed E-state index contributed by atoms with van der Waals surface area (Å²) in [6.45, 7) is 3.94. The Labute approximate surface area is 130 Å². The quantitative estimate of drug-likeness (QED) is 0.824. The molecule has 21 heavy (non-hydrogen) atoms. The van der Waals surface area contributed by atoms with Gasteiger partial charge in [-0.25, -0.2) is 0 Å². The number of nitrogens with two attached hydrogens (primary N) is 1. The maximum Gasteiger partial charge on any atom is 0.225 e. The zero-order chi connectivity index (χ0) is 15.4. The molecule has 2 aromatic carbocycles. The van der Waals surface area contributed by atoms with Crippen LogP contribution in [0.25, 0.3) is 0 Å². The second-order valence-corrected chi connectivity index (χ2v) is 5.66. The number of hydrogen-bond acceptors (Lipinski definition) is 2. The average Bonchev–Trinajstić information content (AvgIpc) is 2.43. The Balaban J connectivity index is 2.03. The number of halogens is 1. The number of rotatable bonds is 4. The van der Waals surface area contributed by atoms with Crippen molar-refractivity contribution < 1.29 is 4.79 Å². The fourth-order valence-electron chi connectivity index (χ4n) is 2.20. The van der Waals surface area contributed by atoms with E-state index in [2.05, 4.69) is 5.32 Å². The maximum absolute atomic E-state index is 12.2. The number of anilines is 2. The molecule has 0 aliphatic rings. The zero-order valence-corrected chi connectivity index (χ0v) is 12.9. The second-order valence-electron chi connectivity index (χ2n) is 5.25. The predicted molar refractivity (Wildman–Crippen MR) is 88.7 cm³/mol. The summed E-state index contributed by atoms with van der Waals surface area (Å²) in [5.74, 6) is 0.0731. The molecule has 3 N–H and O–H groups in total. The molecule has 0 fully saturated rings. The van der Waals surface area contributed by atoms with Crippen LogP contribution in [0.2, 0.25) is 5.02 Å². The summed E-state index contributed by atoms with van der Waals surface area (Å²) in [7, 11) is 0. The van der Waals surface area contributed by atoms with Crippen LogP contribution < -0.4 is 11.1 Å². The lowest BCUT2D eigenvalue weighted by Crippen LogP contribution is -2.15. The minimum absolute atomic E-state index is 0.0458. The first-order valence-electron chi connectivity index (χ1n) is 6.87. The highest BCUT2D eigenvalue weighted by Gasteiger charge is 2.13. The first kappa shape index (κ1) is 15.4. The van der Waals surface area contributed by atoms with E-state index in [1.807, 2.05) is 50.2 Å². The van der Waals surface area contributed by atoms with Crippen LogP contribution in [0.15, 0.2) is 42.5 Å². The number of amides is 1. The van der Waals surface area contributed by atoms with E-state index in [1.165, 1.54) is 0 Å². The van der Waals surface area contributed by atoms with Crippen LogP contribution in [-0.2, 0) is 4.79 Å². The summed E-state index contributed by atoms with van der Waals surface area (Å²) < 4.78 is 0. The standard InChI is InChI=1S/C17H19ClN2O/c1-11-4-3-5-15(18)17(11)20-16(21)10-12(2)13-6-8-14(19)9-7-13/h3-9,12H,10,19H2,1-2H3,(H,20,21). The van der Waals surface area contributed by atoms with E-state index in [1.54, 1.807) is 6.07 Å². The summed E-state index contributed by atoms with van der Waals surface area (Å²) in [5, 5.41) is 3.45. The van der Waals surface area contributed by atoms with Crippen LogP contribution in [0.1, 0.15) is 30.4 Å². The van der Waals surface area contributed by atoms with E-state index >= 15 is 0 Å². The van der Waals surface area contributed by atoms with Crippen molar-refractivity contribution in [3.05, 3.63) is 58.6 Å². The molecule has 0 aliphatic heterocycles. The first-order chi connectivity index (χ1) is 9.97. The van der Waals surface area contributed by atoms with Crippen molar-refractivity contribution >= 4 is 28.9 Å². The molecule has 1 unspecified atom stereocenters. The number of carbonyl (C=O) groups is 1. The van der Waals surface area contributed by atoms with Gasteiger partial charge in [0.15, 0.2) is 0 Å². The molecule has 1 amide bonds. The zero-order valence-electron chi connectivity index (χ0n) is 12.2. The van der Waals surface area contributed by atoms with Gasteiger partial charge in [-0.15, -0.1) is 0 Å². The molecule has 3 nitrogen and oxygen atoms in total. The van der Waals surface area contributed by atoms with Crippen LogP contribution in [0.5, 0.6) is 0 Å². The van der Waals surface area contributed by atoms with E-state index in [-0.39, 0.29) is 11.8 Å². The molecule has 0 saturated carbocycles. The van der Waals surface area contributed by atoms with Gasteiger partial charge >= 0.3 is 0 Å². The Morgan fingerprint density at radius 3 is 2.52 bits per heavy atom. The van der Waals surface area contributed by atoms with Gasteiger partial charge in [-0.2, -0.15) is 0 Å². The highest BCUT2D eigenvalue weighted by Crippen LogP contribution is 2.26. The molecule has 0 saturated heterocycles. The monoisotopic (exact) mass is 302 g/mol. The van der Waals surface area contributed by atoms with E-state index in [0.29, 0.717) is 17.1 Å². The largest absolute Gasteiger partial charge is 0.399 e. The summed E-state index contributed by atoms with van der Waals surface area (Å²) in [4.78, 5) is 12.2. The van der Waals surface area contributed by atoms with Crippen LogP contribution in [0.4, 0.5) is 11.4 Å². The Hall–Kier alpha value is -2.00. The molecule has 0 aromatic heterocycles. The van der Waals surface area contributed by atoms with E-state index < -0.39 is 0 Å². The third-order valence-corrected chi connectivity index (χ3v) is 3.80. The van der Waals surface area contributed by atoms with Crippen molar-refractivity contribution in [2.45, 2.75) is 26.2 Å². The Bertz CT molecular complexity index is 617. The van der Waals surface area contributed by atoms with E-state index in [9.17, 15) is 4.79 Å². The van der Waals surface area contributed by atoms with Gasteiger partial charge in [0.25, 0.3) is 0 Å². The van der Waals surface area contributed by atoms with Crippen molar-refractivity contribution in [3.63, 3.8) is 0 Å². The fraction of sp³-hybridized carbons (Fsp3) is 0.235. The van der Waals surface area contributed by atoms with Crippen LogP contribution in [-0.4, -0.2) is 5.91 Å². The van der Waals surface area contributed by atoms with Gasteiger partial charge in [-0.1, -0.05) is 42.8 Å². The van der Waals surface area contributed by atoms with Gasteiger partial charge in [0.05, 0.1) is 10.7 Å². The molecular formula is C17H19ClN2O. The maximum atomic E-state index is 12.2. The lowest BCUT2D eigenvalue weighted by Gasteiger charge is -2.14. The highest BCUT2D eigenvalue weighted by atomic mass is 35.5. The van der Waals surface area contributed by atoms with Crippen LogP contribution >= 0.6 is 11.6 Å². The molecule has 1 atom stereocenters. The molecule has 0 heterocycles. The smallest absolute Gasteiger partial charge is 0.225 e. The van der Waals surface area contributed by atoms with Gasteiger partial charge in [0.1, 0.15) is 0 Å².